The van der Waals surface area contributed by atoms with Crippen LogP contribution >= 0.6 is 0 Å². The molecular weight excluding hydrogens is 949 g/mol. The van der Waals surface area contributed by atoms with Crippen molar-refractivity contribution >= 4 is 53.0 Å². The quantitative estimate of drug-likeness (QED) is 0.0612. The molecule has 9 amide bonds. The normalized spacial score (nSPS) is 18.8. The van der Waals surface area contributed by atoms with Gasteiger partial charge in [-0.25, -0.2) is 9.59 Å². The van der Waals surface area contributed by atoms with Crippen LogP contribution in [0.1, 0.15) is 86.7 Å². The molecule has 0 aromatic heterocycles. The van der Waals surface area contributed by atoms with Gasteiger partial charge in [0.05, 0.1) is 24.7 Å². The van der Waals surface area contributed by atoms with Crippen molar-refractivity contribution in [3.05, 3.63) is 168 Å². The van der Waals surface area contributed by atoms with Crippen molar-refractivity contribution < 1.29 is 33.6 Å². The van der Waals surface area contributed by atoms with Gasteiger partial charge >= 0.3 is 12.1 Å². The van der Waals surface area contributed by atoms with E-state index in [9.17, 15) is 33.6 Å². The van der Waals surface area contributed by atoms with Crippen LogP contribution < -0.4 is 31.9 Å². The van der Waals surface area contributed by atoms with Crippen LogP contribution in [0.5, 0.6) is 0 Å². The molecule has 0 bridgehead atoms. The molecule has 0 aliphatic carbocycles. The van der Waals surface area contributed by atoms with Crippen molar-refractivity contribution in [3.8, 4) is 0 Å². The summed E-state index contributed by atoms with van der Waals surface area (Å²) >= 11 is 0. The lowest BCUT2D eigenvalue weighted by atomic mass is 9.98. The molecule has 3 fully saturated rings. The number of rotatable bonds is 17. The van der Waals surface area contributed by atoms with Gasteiger partial charge in [-0.05, 0) is 99.5 Å². The first-order valence-electron chi connectivity index (χ1n) is 26.0. The fourth-order valence-corrected chi connectivity index (χ4v) is 10.3. The van der Waals surface area contributed by atoms with E-state index in [0.29, 0.717) is 56.6 Å². The van der Waals surface area contributed by atoms with Crippen LogP contribution in [0.2, 0.25) is 0 Å². The number of fused-ring (bicyclic) bond motifs is 1. The van der Waals surface area contributed by atoms with E-state index in [0.717, 1.165) is 22.3 Å². The van der Waals surface area contributed by atoms with Crippen LogP contribution in [-0.2, 0) is 24.0 Å². The molecule has 5 aromatic rings. The third-order valence-electron chi connectivity index (χ3n) is 14.6. The molecule has 17 heteroatoms. The minimum absolute atomic E-state index is 0.0383. The summed E-state index contributed by atoms with van der Waals surface area (Å²) in [6.45, 7) is 4.52. The number of likely N-dealkylation sites (tertiary alicyclic amines) is 1. The first-order chi connectivity index (χ1) is 36.4. The molecule has 0 saturated carbocycles. The van der Waals surface area contributed by atoms with E-state index in [2.05, 4.69) is 31.9 Å². The fraction of sp³-hybridized carbons (Fsp3) is 0.362. The highest BCUT2D eigenvalue weighted by molar-refractivity contribution is 5.96. The Morgan fingerprint density at radius 1 is 0.627 bits per heavy atom. The monoisotopic (exact) mass is 1020 g/mol. The molecule has 0 unspecified atom stereocenters. The molecule has 8 rings (SSSR count). The number of hydrogen-bond acceptors (Lipinski definition) is 8. The summed E-state index contributed by atoms with van der Waals surface area (Å²) in [6, 6.07) is 40.1. The van der Waals surface area contributed by atoms with Crippen molar-refractivity contribution in [3.63, 3.8) is 0 Å². The Labute approximate surface area is 438 Å². The number of nitrogens with zero attached hydrogens (tertiary/aromatic N) is 4. The minimum atomic E-state index is -1.14. The molecular formula is C58H68N10O7. The summed E-state index contributed by atoms with van der Waals surface area (Å²) < 4.78 is 0. The second-order valence-corrected chi connectivity index (χ2v) is 19.3. The maximum Gasteiger partial charge on any atom is 0.321 e. The van der Waals surface area contributed by atoms with Gasteiger partial charge in [0.1, 0.15) is 18.1 Å². The van der Waals surface area contributed by atoms with Gasteiger partial charge in [0, 0.05) is 50.0 Å². The summed E-state index contributed by atoms with van der Waals surface area (Å²) in [5.74, 6) is -1.58. The van der Waals surface area contributed by atoms with Gasteiger partial charge < -0.3 is 51.5 Å². The van der Waals surface area contributed by atoms with Gasteiger partial charge in [-0.2, -0.15) is 0 Å². The molecule has 0 spiro atoms. The molecule has 0 radical (unpaired) electrons. The van der Waals surface area contributed by atoms with Crippen molar-refractivity contribution in [1.29, 1.82) is 0 Å². The van der Waals surface area contributed by atoms with Crippen molar-refractivity contribution in [2.24, 2.45) is 0 Å². The molecule has 3 heterocycles. The zero-order valence-electron chi connectivity index (χ0n) is 42.8. The van der Waals surface area contributed by atoms with E-state index >= 15 is 0 Å². The van der Waals surface area contributed by atoms with Gasteiger partial charge in [0.25, 0.3) is 0 Å². The zero-order chi connectivity index (χ0) is 52.8. The zero-order valence-corrected chi connectivity index (χ0v) is 42.8. The largest absolute Gasteiger partial charge is 0.343 e. The second-order valence-electron chi connectivity index (χ2n) is 19.3. The standard InChI is InChI=1S/C58H68N10O7/c1-4-65(37-34-50(69)67-35-17-26-48(67)54(71)63-51(40-18-9-5-10-19-40)41-20-11-6-12-21-41)57(74)60-44-27-29-45(30-28-44)61-58(75)66-36-33-46-31-32-49(68(46)56(73)47(38-66)62-53(70)39(2)59-3)55(72)64-52(42-22-13-7-14-23-42)43-24-15-8-16-25-43/h5-16,18-25,27-30,39,46-49,51-52,59H,4,17,26,31-38H2,1-3H3,(H,60,74)(H,61,75)(H,62,70)(H,63,71)(H,64,72)/t39-,46+,47-,48+,49-/m0/s1. The molecule has 3 aliphatic heterocycles. The molecule has 3 saturated heterocycles. The lowest BCUT2D eigenvalue weighted by Gasteiger charge is -2.39. The van der Waals surface area contributed by atoms with Gasteiger partial charge in [-0.1, -0.05) is 121 Å². The highest BCUT2D eigenvalue weighted by atomic mass is 16.2. The summed E-state index contributed by atoms with van der Waals surface area (Å²) in [4.78, 5) is 104. The molecule has 392 valence electrons. The van der Waals surface area contributed by atoms with Gasteiger partial charge in [-0.3, -0.25) is 24.0 Å². The van der Waals surface area contributed by atoms with Gasteiger partial charge in [-0.15, -0.1) is 0 Å². The highest BCUT2D eigenvalue weighted by Gasteiger charge is 2.46. The first kappa shape index (κ1) is 53.2. The molecule has 5 aromatic carbocycles. The Bertz CT molecular complexity index is 2670. The van der Waals surface area contributed by atoms with Crippen LogP contribution in [-0.4, -0.2) is 131 Å². The van der Waals surface area contributed by atoms with E-state index in [4.69, 9.17) is 0 Å². The van der Waals surface area contributed by atoms with Crippen molar-refractivity contribution in [2.45, 2.75) is 94.7 Å². The third-order valence-corrected chi connectivity index (χ3v) is 14.6. The Balaban J connectivity index is 0.864. The number of urea groups is 2. The van der Waals surface area contributed by atoms with Crippen LogP contribution in [0, 0.1) is 0 Å². The van der Waals surface area contributed by atoms with E-state index in [1.54, 1.807) is 48.0 Å². The Hall–Kier alpha value is -8.05. The highest BCUT2D eigenvalue weighted by Crippen LogP contribution is 2.32. The smallest absolute Gasteiger partial charge is 0.321 e. The van der Waals surface area contributed by atoms with Crippen LogP contribution in [0.25, 0.3) is 0 Å². The van der Waals surface area contributed by atoms with E-state index in [-0.39, 0.29) is 55.9 Å². The van der Waals surface area contributed by atoms with Crippen LogP contribution in [0.3, 0.4) is 0 Å². The van der Waals surface area contributed by atoms with E-state index in [1.165, 1.54) is 9.80 Å². The SMILES string of the molecule is CCN(CCC(=O)N1CCC[C@@H]1C(=O)NC(c1ccccc1)c1ccccc1)C(=O)Nc1ccc(NC(=O)N2CC[C@H]3CC[C@@H](C(=O)NC(c4ccccc4)c4ccccc4)N3C(=O)[C@@H](NC(=O)[C@H](C)NC)C2)cc1. The van der Waals surface area contributed by atoms with Crippen molar-refractivity contribution in [2.75, 3.05) is 50.4 Å². The average Bonchev–Trinajstić information content (AvgIpc) is 4.12. The first-order valence-corrected chi connectivity index (χ1v) is 26.0. The molecule has 6 N–H and O–H groups in total. The topological polar surface area (TPSA) is 205 Å². The van der Waals surface area contributed by atoms with Gasteiger partial charge in [0.2, 0.25) is 29.5 Å². The number of nitrogens with one attached hydrogen (secondary N) is 6. The summed E-state index contributed by atoms with van der Waals surface area (Å²) in [7, 11) is 1.64. The summed E-state index contributed by atoms with van der Waals surface area (Å²) in [5, 5.41) is 18.0. The number of likely N-dealkylation sites (N-methyl/N-ethyl adjacent to an activating group) is 1. The Kier molecular flexibility index (Phi) is 17.9. The maximum absolute atomic E-state index is 14.7. The second kappa shape index (κ2) is 25.3. The minimum Gasteiger partial charge on any atom is -0.343 e. The van der Waals surface area contributed by atoms with E-state index < -0.39 is 54.1 Å². The lowest BCUT2D eigenvalue weighted by Crippen LogP contribution is -2.62. The van der Waals surface area contributed by atoms with E-state index in [1.807, 2.05) is 128 Å². The number of benzene rings is 5. The Morgan fingerprint density at radius 3 is 1.64 bits per heavy atom. The number of anilines is 2. The predicted octanol–water partition coefficient (Wildman–Crippen LogP) is 6.42. The molecule has 3 aliphatic rings. The lowest BCUT2D eigenvalue weighted by molar-refractivity contribution is -0.144. The van der Waals surface area contributed by atoms with Gasteiger partial charge in [0.15, 0.2) is 0 Å². The average molecular weight is 1020 g/mol. The molecule has 75 heavy (non-hydrogen) atoms. The number of carbonyl (C=O) groups is 7. The summed E-state index contributed by atoms with van der Waals surface area (Å²) in [6.07, 6.45) is 2.65. The predicted molar refractivity (Wildman–Crippen MR) is 287 cm³/mol. The third kappa shape index (κ3) is 13.2. The number of hydrogen-bond donors (Lipinski definition) is 6. The van der Waals surface area contributed by atoms with Crippen molar-refractivity contribution in [1.82, 2.24) is 40.9 Å². The molecule has 17 nitrogen and oxygen atoms in total. The van der Waals surface area contributed by atoms with Crippen LogP contribution in [0.4, 0.5) is 21.0 Å². The van der Waals surface area contributed by atoms with Crippen LogP contribution in [0.15, 0.2) is 146 Å². The Morgan fingerprint density at radius 2 is 1.13 bits per heavy atom. The maximum atomic E-state index is 14.7. The fourth-order valence-electron chi connectivity index (χ4n) is 10.3. The number of amides is 9. The summed E-state index contributed by atoms with van der Waals surface area (Å²) in [5.41, 5.74) is 4.57. The number of carbonyl (C=O) groups excluding carboxylic acids is 7. The molecule has 5 atom stereocenters.